The van der Waals surface area contributed by atoms with Gasteiger partial charge in [0.2, 0.25) is 0 Å². The summed E-state index contributed by atoms with van der Waals surface area (Å²) >= 11 is 0. The van der Waals surface area contributed by atoms with Crippen LogP contribution < -0.4 is 10.5 Å². The van der Waals surface area contributed by atoms with E-state index in [0.29, 0.717) is 13.2 Å². The van der Waals surface area contributed by atoms with Gasteiger partial charge in [-0.25, -0.2) is 0 Å². The Kier molecular flexibility index (Phi) is 2.86. The summed E-state index contributed by atoms with van der Waals surface area (Å²) in [5, 5.41) is 0. The lowest BCUT2D eigenvalue weighted by Gasteiger charge is -2.05. The van der Waals surface area contributed by atoms with Crippen LogP contribution in [0.1, 0.15) is 5.56 Å². The number of rotatable bonds is 3. The molecule has 1 aromatic rings. The topological polar surface area (TPSA) is 48.1 Å². The van der Waals surface area contributed by atoms with Crippen LogP contribution in [0.5, 0.6) is 5.75 Å². The standard InChI is InChI=1S/C8H11N2O/c1-2-11-8-6-10-4-3-7(8)5-9/h3-4,6H,1-2,5,9H2. The van der Waals surface area contributed by atoms with E-state index in [1.807, 2.05) is 6.07 Å². The average molecular weight is 151 g/mol. The zero-order chi connectivity index (χ0) is 8.10. The molecule has 2 N–H and O–H groups in total. The van der Waals surface area contributed by atoms with Crippen LogP contribution in [-0.4, -0.2) is 11.6 Å². The molecule has 1 aromatic heterocycles. The summed E-state index contributed by atoms with van der Waals surface area (Å²) in [6.07, 6.45) is 3.34. The summed E-state index contributed by atoms with van der Waals surface area (Å²) in [7, 11) is 0. The third-order valence-corrected chi connectivity index (χ3v) is 1.35. The van der Waals surface area contributed by atoms with E-state index in [1.165, 1.54) is 0 Å². The summed E-state index contributed by atoms with van der Waals surface area (Å²) in [5.41, 5.74) is 6.41. The van der Waals surface area contributed by atoms with Crippen LogP contribution in [0, 0.1) is 6.92 Å². The Labute approximate surface area is 66.2 Å². The first-order valence-corrected chi connectivity index (χ1v) is 3.43. The molecule has 0 bridgehead atoms. The molecule has 1 radical (unpaired) electrons. The fourth-order valence-electron chi connectivity index (χ4n) is 0.817. The summed E-state index contributed by atoms with van der Waals surface area (Å²) in [4.78, 5) is 3.90. The van der Waals surface area contributed by atoms with E-state index >= 15 is 0 Å². The molecule has 0 aromatic carbocycles. The van der Waals surface area contributed by atoms with Crippen molar-refractivity contribution in [3.8, 4) is 5.75 Å². The molecule has 0 saturated carbocycles. The normalized spacial score (nSPS) is 9.64. The number of nitrogens with zero attached hydrogens (tertiary/aromatic N) is 1. The average Bonchev–Trinajstić information content (AvgIpc) is 2.06. The van der Waals surface area contributed by atoms with E-state index in [4.69, 9.17) is 10.5 Å². The molecule has 3 heteroatoms. The van der Waals surface area contributed by atoms with Crippen LogP contribution in [0.2, 0.25) is 0 Å². The molecule has 0 aliphatic heterocycles. The lowest BCUT2D eigenvalue weighted by Crippen LogP contribution is -2.02. The van der Waals surface area contributed by atoms with Crippen molar-refractivity contribution in [2.24, 2.45) is 5.73 Å². The molecule has 0 amide bonds. The first kappa shape index (κ1) is 8.01. The lowest BCUT2D eigenvalue weighted by molar-refractivity contribution is 0.355. The van der Waals surface area contributed by atoms with Crippen LogP contribution in [0.4, 0.5) is 0 Å². The van der Waals surface area contributed by atoms with Crippen molar-refractivity contribution in [1.29, 1.82) is 0 Å². The number of pyridine rings is 1. The first-order chi connectivity index (χ1) is 5.38. The van der Waals surface area contributed by atoms with E-state index in [-0.39, 0.29) is 0 Å². The molecule has 0 unspecified atom stereocenters. The zero-order valence-electron chi connectivity index (χ0n) is 6.29. The third-order valence-electron chi connectivity index (χ3n) is 1.35. The van der Waals surface area contributed by atoms with Crippen molar-refractivity contribution in [1.82, 2.24) is 4.98 Å². The maximum atomic E-state index is 5.45. The van der Waals surface area contributed by atoms with Crippen LogP contribution >= 0.6 is 0 Å². The minimum Gasteiger partial charge on any atom is -0.492 e. The van der Waals surface area contributed by atoms with Crippen molar-refractivity contribution < 1.29 is 4.74 Å². The molecule has 0 spiro atoms. The SMILES string of the molecule is [CH2]COc1cnccc1CN. The Morgan fingerprint density at radius 2 is 2.45 bits per heavy atom. The maximum Gasteiger partial charge on any atom is 0.142 e. The van der Waals surface area contributed by atoms with Crippen LogP contribution in [0.15, 0.2) is 18.5 Å². The monoisotopic (exact) mass is 151 g/mol. The minimum atomic E-state index is 0.401. The molecule has 0 aliphatic rings. The molecule has 1 rings (SSSR count). The van der Waals surface area contributed by atoms with Crippen molar-refractivity contribution in [2.75, 3.05) is 6.61 Å². The van der Waals surface area contributed by atoms with Gasteiger partial charge in [-0.1, -0.05) is 0 Å². The Morgan fingerprint density at radius 3 is 3.09 bits per heavy atom. The second-order valence-electron chi connectivity index (χ2n) is 2.04. The molecule has 0 aliphatic carbocycles. The van der Waals surface area contributed by atoms with Crippen LogP contribution in [0.25, 0.3) is 0 Å². The van der Waals surface area contributed by atoms with Crippen molar-refractivity contribution in [3.05, 3.63) is 30.9 Å². The van der Waals surface area contributed by atoms with E-state index in [9.17, 15) is 0 Å². The highest BCUT2D eigenvalue weighted by molar-refractivity contribution is 5.29. The van der Waals surface area contributed by atoms with E-state index in [2.05, 4.69) is 11.9 Å². The fraction of sp³-hybridized carbons (Fsp3) is 0.250. The van der Waals surface area contributed by atoms with E-state index < -0.39 is 0 Å². The molecule has 1 heterocycles. The molecular formula is C8H11N2O. The zero-order valence-corrected chi connectivity index (χ0v) is 6.29. The third kappa shape index (κ3) is 1.91. The Morgan fingerprint density at radius 1 is 1.64 bits per heavy atom. The van der Waals surface area contributed by atoms with Crippen LogP contribution in [0.3, 0.4) is 0 Å². The second kappa shape index (κ2) is 3.93. The van der Waals surface area contributed by atoms with Gasteiger partial charge in [-0.15, -0.1) is 0 Å². The quantitative estimate of drug-likeness (QED) is 0.693. The first-order valence-electron chi connectivity index (χ1n) is 3.43. The molecular weight excluding hydrogens is 140 g/mol. The fourth-order valence-corrected chi connectivity index (χ4v) is 0.817. The molecule has 0 fully saturated rings. The summed E-state index contributed by atoms with van der Waals surface area (Å²) in [5.74, 6) is 0.727. The lowest BCUT2D eigenvalue weighted by atomic mass is 10.2. The smallest absolute Gasteiger partial charge is 0.142 e. The number of hydrogen-bond donors (Lipinski definition) is 1. The van der Waals surface area contributed by atoms with Gasteiger partial charge in [-0.2, -0.15) is 0 Å². The Balaban J connectivity index is 2.83. The largest absolute Gasteiger partial charge is 0.492 e. The molecule has 11 heavy (non-hydrogen) atoms. The van der Waals surface area contributed by atoms with E-state index in [0.717, 1.165) is 11.3 Å². The van der Waals surface area contributed by atoms with Gasteiger partial charge in [0.15, 0.2) is 0 Å². The van der Waals surface area contributed by atoms with Crippen molar-refractivity contribution in [3.63, 3.8) is 0 Å². The maximum absolute atomic E-state index is 5.45. The minimum absolute atomic E-state index is 0.401. The highest BCUT2D eigenvalue weighted by atomic mass is 16.5. The molecule has 59 valence electrons. The highest BCUT2D eigenvalue weighted by Gasteiger charge is 1.98. The van der Waals surface area contributed by atoms with Gasteiger partial charge in [0.05, 0.1) is 12.8 Å². The molecule has 0 saturated heterocycles. The number of ether oxygens (including phenoxy) is 1. The highest BCUT2D eigenvalue weighted by Crippen LogP contribution is 2.14. The second-order valence-corrected chi connectivity index (χ2v) is 2.04. The van der Waals surface area contributed by atoms with Gasteiger partial charge < -0.3 is 10.5 Å². The van der Waals surface area contributed by atoms with Gasteiger partial charge in [-0.3, -0.25) is 4.98 Å². The summed E-state index contributed by atoms with van der Waals surface area (Å²) in [6.45, 7) is 4.44. The van der Waals surface area contributed by atoms with Crippen molar-refractivity contribution in [2.45, 2.75) is 6.54 Å². The van der Waals surface area contributed by atoms with Gasteiger partial charge in [0, 0.05) is 18.3 Å². The Bertz CT molecular complexity index is 225. The summed E-state index contributed by atoms with van der Waals surface area (Å²) in [6, 6.07) is 1.84. The summed E-state index contributed by atoms with van der Waals surface area (Å²) < 4.78 is 5.17. The van der Waals surface area contributed by atoms with Gasteiger partial charge in [-0.05, 0) is 13.0 Å². The van der Waals surface area contributed by atoms with Gasteiger partial charge in [0.1, 0.15) is 5.75 Å². The van der Waals surface area contributed by atoms with Gasteiger partial charge >= 0.3 is 0 Å². The van der Waals surface area contributed by atoms with Crippen molar-refractivity contribution >= 4 is 0 Å². The number of nitrogens with two attached hydrogens (primary N) is 1. The molecule has 3 nitrogen and oxygen atoms in total. The predicted octanol–water partition coefficient (Wildman–Crippen LogP) is 0.753. The van der Waals surface area contributed by atoms with E-state index in [1.54, 1.807) is 12.4 Å². The number of aromatic nitrogens is 1. The van der Waals surface area contributed by atoms with Gasteiger partial charge in [0.25, 0.3) is 0 Å². The number of hydrogen-bond acceptors (Lipinski definition) is 3. The Hall–Kier alpha value is -1.09. The molecule has 0 atom stereocenters. The van der Waals surface area contributed by atoms with Crippen LogP contribution in [-0.2, 0) is 6.54 Å². The predicted molar refractivity (Wildman–Crippen MR) is 43.0 cm³/mol.